The van der Waals surface area contributed by atoms with Crippen molar-refractivity contribution in [2.75, 3.05) is 62.7 Å². The second kappa shape index (κ2) is 16.9. The molecule has 2 aromatic rings. The molecule has 0 unspecified atom stereocenters. The van der Waals surface area contributed by atoms with Gasteiger partial charge in [-0.25, -0.2) is 4.79 Å². The fraction of sp³-hybridized carbons (Fsp3) is 0.556. The van der Waals surface area contributed by atoms with Gasteiger partial charge < -0.3 is 36.2 Å². The average molecular weight is 558 g/mol. The molecule has 4 amide bonds. The van der Waals surface area contributed by atoms with Crippen molar-refractivity contribution in [3.8, 4) is 0 Å². The van der Waals surface area contributed by atoms with Crippen LogP contribution in [0.5, 0.6) is 0 Å². The SMILES string of the molecule is CC.CCN(CC)C(N)=O.NC(=O)c1nnc(N2CCCCC2)nc1Nc1ccc(C(=O)N2CCOCC2)cc1. The van der Waals surface area contributed by atoms with Crippen LogP contribution in [0.2, 0.25) is 0 Å². The van der Waals surface area contributed by atoms with Crippen LogP contribution in [0.1, 0.15) is 67.8 Å². The molecule has 3 heterocycles. The van der Waals surface area contributed by atoms with Crippen molar-refractivity contribution >= 4 is 35.3 Å². The largest absolute Gasteiger partial charge is 0.378 e. The third-order valence-corrected chi connectivity index (χ3v) is 6.32. The highest BCUT2D eigenvalue weighted by atomic mass is 16.5. The fourth-order valence-electron chi connectivity index (χ4n) is 4.12. The molecule has 1 aromatic carbocycles. The number of nitrogens with two attached hydrogens (primary N) is 2. The Hall–Kier alpha value is -4.00. The van der Waals surface area contributed by atoms with E-state index < -0.39 is 5.91 Å². The zero-order valence-electron chi connectivity index (χ0n) is 24.1. The van der Waals surface area contributed by atoms with Crippen LogP contribution in [0.4, 0.5) is 22.2 Å². The summed E-state index contributed by atoms with van der Waals surface area (Å²) in [4.78, 5) is 44.6. The van der Waals surface area contributed by atoms with Crippen molar-refractivity contribution in [1.29, 1.82) is 0 Å². The average Bonchev–Trinajstić information content (AvgIpc) is 3.00. The molecule has 220 valence electrons. The van der Waals surface area contributed by atoms with Crippen molar-refractivity contribution in [3.63, 3.8) is 0 Å². The second-order valence-corrected chi connectivity index (χ2v) is 8.84. The number of rotatable bonds is 7. The summed E-state index contributed by atoms with van der Waals surface area (Å²) in [5.74, 6) is -0.00721. The predicted octanol–water partition coefficient (Wildman–Crippen LogP) is 2.61. The molecule has 0 aliphatic carbocycles. The van der Waals surface area contributed by atoms with Crippen molar-refractivity contribution < 1.29 is 19.1 Å². The van der Waals surface area contributed by atoms with E-state index in [1.807, 2.05) is 27.7 Å². The summed E-state index contributed by atoms with van der Waals surface area (Å²) in [6.45, 7) is 13.2. The summed E-state index contributed by atoms with van der Waals surface area (Å²) >= 11 is 0. The maximum atomic E-state index is 12.6. The molecule has 0 spiro atoms. The van der Waals surface area contributed by atoms with E-state index in [0.29, 0.717) is 56.6 Å². The van der Waals surface area contributed by atoms with Crippen molar-refractivity contribution in [2.45, 2.75) is 47.0 Å². The maximum Gasteiger partial charge on any atom is 0.314 e. The number of carbonyl (C=O) groups excluding carboxylic acids is 3. The smallest absolute Gasteiger partial charge is 0.314 e. The van der Waals surface area contributed by atoms with Crippen molar-refractivity contribution in [3.05, 3.63) is 35.5 Å². The minimum atomic E-state index is -0.707. The number of hydrogen-bond donors (Lipinski definition) is 3. The van der Waals surface area contributed by atoms with E-state index in [1.54, 1.807) is 34.1 Å². The predicted molar refractivity (Wildman–Crippen MR) is 155 cm³/mol. The number of nitrogens with one attached hydrogen (secondary N) is 1. The Bertz CT molecular complexity index is 1080. The maximum absolute atomic E-state index is 12.6. The number of morpholine rings is 1. The summed E-state index contributed by atoms with van der Waals surface area (Å²) in [6.07, 6.45) is 3.33. The van der Waals surface area contributed by atoms with Gasteiger partial charge in [0.15, 0.2) is 11.5 Å². The van der Waals surface area contributed by atoms with Crippen molar-refractivity contribution in [1.82, 2.24) is 25.0 Å². The standard InChI is InChI=1S/C20H25N7O3.C5H12N2O.C2H6/c21-17(28)16-18(23-20(25-24-16)27-8-2-1-3-9-27)22-15-6-4-14(5-7-15)19(29)26-10-12-30-13-11-26;1-3-7(4-2)5(6)8;1-2/h4-7H,1-3,8-13H2,(H2,21,28)(H,22,23,25);3-4H2,1-2H3,(H2,6,8);1-2H3. The van der Waals surface area contributed by atoms with Gasteiger partial charge in [0.05, 0.1) is 13.2 Å². The minimum absolute atomic E-state index is 0.0239. The highest BCUT2D eigenvalue weighted by Crippen LogP contribution is 2.22. The topological polar surface area (TPSA) is 173 Å². The monoisotopic (exact) mass is 557 g/mol. The lowest BCUT2D eigenvalue weighted by Crippen LogP contribution is -2.40. The van der Waals surface area contributed by atoms with Gasteiger partial charge >= 0.3 is 6.03 Å². The second-order valence-electron chi connectivity index (χ2n) is 8.84. The third kappa shape index (κ3) is 9.33. The van der Waals surface area contributed by atoms with E-state index in [4.69, 9.17) is 16.2 Å². The van der Waals surface area contributed by atoms with Gasteiger partial charge in [0.25, 0.3) is 11.8 Å². The molecule has 2 aliphatic heterocycles. The van der Waals surface area contributed by atoms with E-state index in [1.165, 1.54) is 6.42 Å². The molecular weight excluding hydrogens is 514 g/mol. The Morgan fingerprint density at radius 3 is 2.02 bits per heavy atom. The van der Waals surface area contributed by atoms with E-state index in [2.05, 4.69) is 25.4 Å². The summed E-state index contributed by atoms with van der Waals surface area (Å²) < 4.78 is 5.29. The van der Waals surface area contributed by atoms with Crippen LogP contribution in [0.15, 0.2) is 24.3 Å². The Balaban J connectivity index is 0.000000484. The zero-order chi connectivity index (χ0) is 29.5. The van der Waals surface area contributed by atoms with Gasteiger partial charge in [-0.15, -0.1) is 10.2 Å². The van der Waals surface area contributed by atoms with Crippen LogP contribution >= 0.6 is 0 Å². The van der Waals surface area contributed by atoms with Crippen LogP contribution in [0.25, 0.3) is 0 Å². The Kier molecular flexibility index (Phi) is 13.6. The molecule has 0 saturated carbocycles. The first kappa shape index (κ1) is 32.2. The van der Waals surface area contributed by atoms with Gasteiger partial charge in [-0.1, -0.05) is 13.8 Å². The van der Waals surface area contributed by atoms with Gasteiger partial charge in [-0.2, -0.15) is 4.98 Å². The molecule has 1 aromatic heterocycles. The molecular formula is C27H43N9O4. The summed E-state index contributed by atoms with van der Waals surface area (Å²) in [5, 5.41) is 11.2. The lowest BCUT2D eigenvalue weighted by atomic mass is 10.1. The lowest BCUT2D eigenvalue weighted by Gasteiger charge is -2.27. The Morgan fingerprint density at radius 2 is 1.52 bits per heavy atom. The van der Waals surface area contributed by atoms with Gasteiger partial charge in [0.1, 0.15) is 0 Å². The number of urea groups is 1. The van der Waals surface area contributed by atoms with Gasteiger partial charge in [0, 0.05) is 50.5 Å². The Labute approximate surface area is 236 Å². The van der Waals surface area contributed by atoms with E-state index in [-0.39, 0.29) is 23.5 Å². The number of amides is 4. The molecule has 40 heavy (non-hydrogen) atoms. The van der Waals surface area contributed by atoms with Gasteiger partial charge in [0.2, 0.25) is 5.95 Å². The number of benzene rings is 1. The molecule has 0 bridgehead atoms. The highest BCUT2D eigenvalue weighted by molar-refractivity contribution is 5.97. The normalized spacial score (nSPS) is 14.6. The highest BCUT2D eigenvalue weighted by Gasteiger charge is 2.21. The number of primary amides is 2. The Morgan fingerprint density at radius 1 is 0.925 bits per heavy atom. The molecule has 2 fully saturated rings. The lowest BCUT2D eigenvalue weighted by molar-refractivity contribution is 0.0303. The van der Waals surface area contributed by atoms with Crippen LogP contribution in [-0.2, 0) is 4.74 Å². The van der Waals surface area contributed by atoms with Gasteiger partial charge in [-0.3, -0.25) is 9.59 Å². The number of nitrogens with zero attached hydrogens (tertiary/aromatic N) is 6. The van der Waals surface area contributed by atoms with Crippen molar-refractivity contribution in [2.24, 2.45) is 11.5 Å². The molecule has 13 heteroatoms. The molecule has 13 nitrogen and oxygen atoms in total. The van der Waals surface area contributed by atoms with Crippen LogP contribution in [0.3, 0.4) is 0 Å². The number of ether oxygens (including phenoxy) is 1. The molecule has 0 atom stereocenters. The summed E-state index contributed by atoms with van der Waals surface area (Å²) in [6, 6.07) is 6.67. The fourth-order valence-corrected chi connectivity index (χ4v) is 4.12. The van der Waals surface area contributed by atoms with Gasteiger partial charge in [-0.05, 0) is 57.4 Å². The number of hydrogen-bond acceptors (Lipinski definition) is 9. The number of carbonyl (C=O) groups is 3. The molecule has 4 rings (SSSR count). The summed E-state index contributed by atoms with van der Waals surface area (Å²) in [7, 11) is 0. The summed E-state index contributed by atoms with van der Waals surface area (Å²) in [5.41, 5.74) is 11.6. The third-order valence-electron chi connectivity index (χ3n) is 6.32. The first-order valence-electron chi connectivity index (χ1n) is 13.9. The molecule has 2 saturated heterocycles. The quantitative estimate of drug-likeness (QED) is 0.462. The van der Waals surface area contributed by atoms with E-state index >= 15 is 0 Å². The molecule has 2 aliphatic rings. The number of piperidine rings is 1. The number of anilines is 3. The van der Waals surface area contributed by atoms with E-state index in [9.17, 15) is 14.4 Å². The first-order valence-corrected chi connectivity index (χ1v) is 13.9. The number of aromatic nitrogens is 3. The minimum Gasteiger partial charge on any atom is -0.378 e. The van der Waals surface area contributed by atoms with Crippen LogP contribution < -0.4 is 21.7 Å². The van der Waals surface area contributed by atoms with E-state index in [0.717, 1.165) is 25.9 Å². The molecule has 5 N–H and O–H groups in total. The first-order chi connectivity index (χ1) is 19.3. The molecule has 0 radical (unpaired) electrons. The van der Waals surface area contributed by atoms with Crippen LogP contribution in [-0.4, -0.2) is 95.3 Å². The van der Waals surface area contributed by atoms with Crippen LogP contribution in [0, 0.1) is 0 Å². The zero-order valence-corrected chi connectivity index (χ0v) is 24.1.